The second-order valence-electron chi connectivity index (χ2n) is 8.11. The highest BCUT2D eigenvalue weighted by atomic mass is 19.4. The molecule has 1 aliphatic carbocycles. The highest BCUT2D eigenvalue weighted by Crippen LogP contribution is 2.36. The van der Waals surface area contributed by atoms with Crippen molar-refractivity contribution < 1.29 is 18.0 Å². The standard InChI is InChI=1S/C22H21F3N6O2/c23-22(24,25)20(32)27-9-3-11-29-16-5-2-1-4-15(16)28-19(29)13-30-18-12-26-10-8-17(18)31(21(30)33)14-6-7-14/h1-2,4-5,8,10,12,14H,3,6-7,9,11,13H2,(H,27,32). The average Bonchev–Trinajstić information content (AvgIpc) is 3.50. The van der Waals surface area contributed by atoms with Crippen LogP contribution >= 0.6 is 0 Å². The molecular weight excluding hydrogens is 437 g/mol. The number of para-hydroxylation sites is 2. The smallest absolute Gasteiger partial charge is 0.348 e. The molecule has 3 heterocycles. The molecule has 1 saturated carbocycles. The molecule has 0 bridgehead atoms. The van der Waals surface area contributed by atoms with Gasteiger partial charge < -0.3 is 9.88 Å². The second kappa shape index (κ2) is 8.05. The maximum atomic E-state index is 13.2. The van der Waals surface area contributed by atoms with Crippen LogP contribution in [0.4, 0.5) is 13.2 Å². The molecule has 33 heavy (non-hydrogen) atoms. The van der Waals surface area contributed by atoms with Crippen LogP contribution in [0.25, 0.3) is 22.1 Å². The first-order chi connectivity index (χ1) is 15.8. The van der Waals surface area contributed by atoms with Crippen LogP contribution in [0.1, 0.15) is 31.1 Å². The number of alkyl halides is 3. The van der Waals surface area contributed by atoms with Crippen molar-refractivity contribution >= 4 is 28.0 Å². The first-order valence-corrected chi connectivity index (χ1v) is 10.7. The van der Waals surface area contributed by atoms with Crippen molar-refractivity contribution in [3.05, 3.63) is 59.0 Å². The number of carbonyl (C=O) groups excluding carboxylic acids is 1. The summed E-state index contributed by atoms with van der Waals surface area (Å²) < 4.78 is 42.6. The molecule has 3 aromatic heterocycles. The fraction of sp³-hybridized carbons (Fsp3) is 0.364. The van der Waals surface area contributed by atoms with Gasteiger partial charge in [-0.3, -0.25) is 18.9 Å². The van der Waals surface area contributed by atoms with Crippen LogP contribution < -0.4 is 11.0 Å². The van der Waals surface area contributed by atoms with Crippen LogP contribution in [-0.4, -0.2) is 42.3 Å². The first kappa shape index (κ1) is 21.2. The highest BCUT2D eigenvalue weighted by molar-refractivity contribution is 5.81. The Morgan fingerprint density at radius 2 is 1.88 bits per heavy atom. The zero-order valence-corrected chi connectivity index (χ0v) is 17.5. The predicted molar refractivity (Wildman–Crippen MR) is 115 cm³/mol. The molecular formula is C22H21F3N6O2. The summed E-state index contributed by atoms with van der Waals surface area (Å²) in [5, 5.41) is 1.89. The van der Waals surface area contributed by atoms with Crippen LogP contribution in [0.2, 0.25) is 0 Å². The molecule has 0 spiro atoms. The number of halogens is 3. The summed E-state index contributed by atoms with van der Waals surface area (Å²) >= 11 is 0. The maximum absolute atomic E-state index is 13.2. The monoisotopic (exact) mass is 458 g/mol. The lowest BCUT2D eigenvalue weighted by molar-refractivity contribution is -0.173. The van der Waals surface area contributed by atoms with Crippen molar-refractivity contribution in [1.82, 2.24) is 29.0 Å². The Kier molecular flexibility index (Phi) is 5.18. The molecule has 11 heteroatoms. The van der Waals surface area contributed by atoms with Gasteiger partial charge in [-0.25, -0.2) is 9.78 Å². The number of aromatic nitrogens is 5. The van der Waals surface area contributed by atoms with Crippen molar-refractivity contribution in [3.8, 4) is 0 Å². The van der Waals surface area contributed by atoms with Crippen molar-refractivity contribution in [2.75, 3.05) is 6.54 Å². The molecule has 1 aromatic carbocycles. The molecule has 1 fully saturated rings. The van der Waals surface area contributed by atoms with Crippen molar-refractivity contribution in [2.45, 2.75) is 44.6 Å². The van der Waals surface area contributed by atoms with Gasteiger partial charge in [0.2, 0.25) is 0 Å². The van der Waals surface area contributed by atoms with E-state index in [2.05, 4.69) is 9.97 Å². The quantitative estimate of drug-likeness (QED) is 0.432. The number of nitrogens with one attached hydrogen (secondary N) is 1. The summed E-state index contributed by atoms with van der Waals surface area (Å²) in [5.74, 6) is -1.34. The molecule has 0 radical (unpaired) electrons. The lowest BCUT2D eigenvalue weighted by Gasteiger charge is -2.11. The molecule has 5 rings (SSSR count). The lowest BCUT2D eigenvalue weighted by atomic mass is 10.3. The Morgan fingerprint density at radius 3 is 2.64 bits per heavy atom. The van der Waals surface area contributed by atoms with E-state index in [-0.39, 0.29) is 31.2 Å². The molecule has 0 unspecified atom stereocenters. The number of amides is 1. The minimum absolute atomic E-state index is 0.128. The van der Waals surface area contributed by atoms with Gasteiger partial charge in [-0.05, 0) is 37.5 Å². The maximum Gasteiger partial charge on any atom is 0.471 e. The Morgan fingerprint density at radius 1 is 1.09 bits per heavy atom. The van der Waals surface area contributed by atoms with Crippen LogP contribution in [-0.2, 0) is 17.9 Å². The topological polar surface area (TPSA) is 86.7 Å². The second-order valence-corrected chi connectivity index (χ2v) is 8.11. The van der Waals surface area contributed by atoms with Crippen molar-refractivity contribution in [3.63, 3.8) is 0 Å². The van der Waals surface area contributed by atoms with E-state index in [4.69, 9.17) is 0 Å². The molecule has 4 aromatic rings. The number of fused-ring (bicyclic) bond motifs is 2. The summed E-state index contributed by atoms with van der Waals surface area (Å²) in [6.07, 6.45) is 0.616. The molecule has 172 valence electrons. The molecule has 0 atom stereocenters. The van der Waals surface area contributed by atoms with E-state index < -0.39 is 12.1 Å². The number of aryl methyl sites for hydroxylation is 1. The molecule has 1 amide bonds. The molecule has 8 nitrogen and oxygen atoms in total. The number of benzene rings is 1. The van der Waals surface area contributed by atoms with Gasteiger partial charge in [0.05, 0.1) is 34.8 Å². The number of imidazole rings is 2. The largest absolute Gasteiger partial charge is 0.471 e. The number of hydrogen-bond acceptors (Lipinski definition) is 4. The van der Waals surface area contributed by atoms with E-state index in [0.717, 1.165) is 29.4 Å². The number of carbonyl (C=O) groups is 1. The normalized spacial score (nSPS) is 14.3. The van der Waals surface area contributed by atoms with Gasteiger partial charge in [0.15, 0.2) is 0 Å². The van der Waals surface area contributed by atoms with E-state index >= 15 is 0 Å². The van der Waals surface area contributed by atoms with Gasteiger partial charge >= 0.3 is 17.8 Å². The first-order valence-electron chi connectivity index (χ1n) is 10.7. The molecule has 1 N–H and O–H groups in total. The van der Waals surface area contributed by atoms with Crippen molar-refractivity contribution in [1.29, 1.82) is 0 Å². The van der Waals surface area contributed by atoms with E-state index in [1.165, 1.54) is 0 Å². The Labute approximate surface area is 185 Å². The van der Waals surface area contributed by atoms with E-state index in [0.29, 0.717) is 17.9 Å². The van der Waals surface area contributed by atoms with Gasteiger partial charge in [0, 0.05) is 25.3 Å². The number of pyridine rings is 1. The SMILES string of the molecule is O=C(NCCCn1c(Cn2c(=O)n(C3CC3)c3ccncc32)nc2ccccc21)C(F)(F)F. The molecule has 1 aliphatic rings. The number of nitrogens with zero attached hydrogens (tertiary/aromatic N) is 5. The number of rotatable bonds is 7. The Bertz CT molecular complexity index is 1400. The highest BCUT2D eigenvalue weighted by Gasteiger charge is 2.38. The van der Waals surface area contributed by atoms with Gasteiger partial charge in [0.25, 0.3) is 0 Å². The Hall–Kier alpha value is -3.63. The van der Waals surface area contributed by atoms with E-state index in [1.54, 1.807) is 21.5 Å². The third-order valence-corrected chi connectivity index (χ3v) is 5.81. The van der Waals surface area contributed by atoms with E-state index in [1.807, 2.05) is 40.2 Å². The summed E-state index contributed by atoms with van der Waals surface area (Å²) in [4.78, 5) is 33.2. The van der Waals surface area contributed by atoms with Crippen LogP contribution in [0, 0.1) is 0 Å². The predicted octanol–water partition coefficient (Wildman–Crippen LogP) is 3.00. The van der Waals surface area contributed by atoms with Crippen molar-refractivity contribution in [2.24, 2.45) is 0 Å². The summed E-state index contributed by atoms with van der Waals surface area (Å²) in [6, 6.07) is 9.45. The Balaban J connectivity index is 1.45. The zero-order chi connectivity index (χ0) is 23.2. The summed E-state index contributed by atoms with van der Waals surface area (Å²) in [6.45, 7) is 0.404. The zero-order valence-electron chi connectivity index (χ0n) is 17.5. The molecule has 0 saturated heterocycles. The minimum Gasteiger partial charge on any atom is -0.348 e. The summed E-state index contributed by atoms with van der Waals surface area (Å²) in [5.41, 5.74) is 2.95. The fourth-order valence-electron chi connectivity index (χ4n) is 4.14. The van der Waals surface area contributed by atoms with Crippen LogP contribution in [0.3, 0.4) is 0 Å². The van der Waals surface area contributed by atoms with Crippen LogP contribution in [0.5, 0.6) is 0 Å². The van der Waals surface area contributed by atoms with Gasteiger partial charge in [-0.1, -0.05) is 12.1 Å². The molecule has 0 aliphatic heterocycles. The fourth-order valence-corrected chi connectivity index (χ4v) is 4.14. The lowest BCUT2D eigenvalue weighted by Crippen LogP contribution is -2.37. The van der Waals surface area contributed by atoms with Gasteiger partial charge in [-0.15, -0.1) is 0 Å². The van der Waals surface area contributed by atoms with Gasteiger partial charge in [0.1, 0.15) is 5.82 Å². The third-order valence-electron chi connectivity index (χ3n) is 5.81. The summed E-state index contributed by atoms with van der Waals surface area (Å²) in [7, 11) is 0. The van der Waals surface area contributed by atoms with E-state index in [9.17, 15) is 22.8 Å². The average molecular weight is 458 g/mol. The number of hydrogen-bond donors (Lipinski definition) is 1. The van der Waals surface area contributed by atoms with Gasteiger partial charge in [-0.2, -0.15) is 13.2 Å². The van der Waals surface area contributed by atoms with Crippen LogP contribution in [0.15, 0.2) is 47.5 Å². The minimum atomic E-state index is -4.90. The third kappa shape index (κ3) is 3.98.